The average molecular weight is 452 g/mol. The van der Waals surface area contributed by atoms with Gasteiger partial charge in [0.15, 0.2) is 0 Å². The Morgan fingerprint density at radius 3 is 2.20 bits per heavy atom. The number of carbonyl (C=O) groups is 1. The summed E-state index contributed by atoms with van der Waals surface area (Å²) in [6.07, 6.45) is 0. The highest BCUT2D eigenvalue weighted by atomic mass is 35.5. The summed E-state index contributed by atoms with van der Waals surface area (Å²) in [4.78, 5) is 25.0. The van der Waals surface area contributed by atoms with Crippen molar-refractivity contribution >= 4 is 33.2 Å². The van der Waals surface area contributed by atoms with E-state index in [1.807, 2.05) is 13.8 Å². The first-order chi connectivity index (χ1) is 14.1. The summed E-state index contributed by atoms with van der Waals surface area (Å²) < 4.78 is 27.2. The molecule has 0 radical (unpaired) electrons. The molecule has 0 spiro atoms. The van der Waals surface area contributed by atoms with Gasteiger partial charge in [0.05, 0.1) is 9.82 Å². The maximum atomic E-state index is 12.9. The first-order valence-electron chi connectivity index (χ1n) is 9.44. The summed E-state index contributed by atoms with van der Waals surface area (Å²) in [6, 6.07) is 10.6. The zero-order chi connectivity index (χ0) is 22.1. The summed E-state index contributed by atoms with van der Waals surface area (Å²) >= 11 is 5.91. The Labute approximate surface area is 180 Å². The number of nitrogens with zero attached hydrogens (tertiary/aromatic N) is 3. The van der Waals surface area contributed by atoms with Crippen molar-refractivity contribution in [3.05, 3.63) is 68.7 Å². The number of benzene rings is 2. The maximum absolute atomic E-state index is 12.9. The molecule has 10 heteroatoms. The van der Waals surface area contributed by atoms with Crippen LogP contribution in [-0.4, -0.2) is 54.6 Å². The molecule has 160 valence electrons. The van der Waals surface area contributed by atoms with Gasteiger partial charge < -0.3 is 4.90 Å². The standard InChI is InChI=1S/C20H22ClN3O5S/c1-14(2)15-3-6-17(7-4-15)30(28,29)23-11-9-22(10-12-23)20(25)18-13-16(21)5-8-19(18)24(26)27/h3-8,13-14H,9-12H2,1-2H3. The lowest BCUT2D eigenvalue weighted by Crippen LogP contribution is -2.50. The molecular formula is C20H22ClN3O5S. The molecule has 2 aromatic carbocycles. The number of hydrogen-bond donors (Lipinski definition) is 0. The lowest BCUT2D eigenvalue weighted by Gasteiger charge is -2.34. The van der Waals surface area contributed by atoms with E-state index in [0.29, 0.717) is 5.92 Å². The molecule has 30 heavy (non-hydrogen) atoms. The van der Waals surface area contributed by atoms with E-state index >= 15 is 0 Å². The second-order valence-electron chi connectivity index (χ2n) is 7.34. The molecule has 1 saturated heterocycles. The number of sulfonamides is 1. The molecule has 0 atom stereocenters. The smallest absolute Gasteiger partial charge is 0.282 e. The molecule has 0 unspecified atom stereocenters. The fraction of sp³-hybridized carbons (Fsp3) is 0.350. The number of piperazine rings is 1. The molecule has 2 aromatic rings. The van der Waals surface area contributed by atoms with Gasteiger partial charge in [0, 0.05) is 37.3 Å². The van der Waals surface area contributed by atoms with Crippen LogP contribution in [-0.2, 0) is 10.0 Å². The first kappa shape index (κ1) is 22.2. The van der Waals surface area contributed by atoms with Crippen LogP contribution in [0.15, 0.2) is 47.4 Å². The average Bonchev–Trinajstić information content (AvgIpc) is 2.73. The minimum absolute atomic E-state index is 0.104. The van der Waals surface area contributed by atoms with Crippen molar-refractivity contribution in [1.29, 1.82) is 0 Å². The van der Waals surface area contributed by atoms with Crippen LogP contribution < -0.4 is 0 Å². The molecule has 1 fully saturated rings. The molecule has 1 heterocycles. The second kappa shape index (κ2) is 8.71. The Morgan fingerprint density at radius 1 is 1.07 bits per heavy atom. The predicted octanol–water partition coefficient (Wildman–Crippen LogP) is 3.52. The summed E-state index contributed by atoms with van der Waals surface area (Å²) in [7, 11) is -3.68. The molecule has 3 rings (SSSR count). The molecule has 0 aliphatic carbocycles. The Hall–Kier alpha value is -2.49. The number of nitro groups is 1. The van der Waals surface area contributed by atoms with Crippen LogP contribution in [0.4, 0.5) is 5.69 Å². The number of nitro benzene ring substituents is 1. The monoisotopic (exact) mass is 451 g/mol. The van der Waals surface area contributed by atoms with Crippen LogP contribution in [0.2, 0.25) is 5.02 Å². The molecular weight excluding hydrogens is 430 g/mol. The Bertz CT molecular complexity index is 1060. The van der Waals surface area contributed by atoms with Crippen LogP contribution in [0.1, 0.15) is 35.7 Å². The maximum Gasteiger partial charge on any atom is 0.282 e. The normalized spacial score (nSPS) is 15.4. The van der Waals surface area contributed by atoms with Gasteiger partial charge >= 0.3 is 0 Å². The van der Waals surface area contributed by atoms with E-state index in [1.165, 1.54) is 27.4 Å². The second-order valence-corrected chi connectivity index (χ2v) is 9.71. The minimum Gasteiger partial charge on any atom is -0.336 e. The van der Waals surface area contributed by atoms with Crippen molar-refractivity contribution in [3.63, 3.8) is 0 Å². The molecule has 8 nitrogen and oxygen atoms in total. The molecule has 0 saturated carbocycles. The van der Waals surface area contributed by atoms with Crippen molar-refractivity contribution in [2.75, 3.05) is 26.2 Å². The van der Waals surface area contributed by atoms with E-state index < -0.39 is 20.9 Å². The van der Waals surface area contributed by atoms with Crippen molar-refractivity contribution < 1.29 is 18.1 Å². The van der Waals surface area contributed by atoms with Crippen LogP contribution in [0.5, 0.6) is 0 Å². The summed E-state index contributed by atoms with van der Waals surface area (Å²) in [6.45, 7) is 4.54. The molecule has 1 aliphatic heterocycles. The highest BCUT2D eigenvalue weighted by Crippen LogP contribution is 2.26. The van der Waals surface area contributed by atoms with Crippen molar-refractivity contribution in [1.82, 2.24) is 9.21 Å². The van der Waals surface area contributed by atoms with Gasteiger partial charge in [0.25, 0.3) is 11.6 Å². The third-order valence-corrected chi connectivity index (χ3v) is 7.24. The van der Waals surface area contributed by atoms with Crippen LogP contribution in [0.3, 0.4) is 0 Å². The minimum atomic E-state index is -3.68. The van der Waals surface area contributed by atoms with E-state index in [0.717, 1.165) is 5.56 Å². The van der Waals surface area contributed by atoms with Gasteiger partial charge in [-0.1, -0.05) is 37.6 Å². The third kappa shape index (κ3) is 4.48. The first-order valence-corrected chi connectivity index (χ1v) is 11.3. The Balaban J connectivity index is 1.74. The van der Waals surface area contributed by atoms with E-state index in [4.69, 9.17) is 11.6 Å². The van der Waals surface area contributed by atoms with Gasteiger partial charge in [-0.15, -0.1) is 0 Å². The lowest BCUT2D eigenvalue weighted by molar-refractivity contribution is -0.385. The highest BCUT2D eigenvalue weighted by Gasteiger charge is 2.32. The third-order valence-electron chi connectivity index (χ3n) is 5.10. The summed E-state index contributed by atoms with van der Waals surface area (Å²) in [5.74, 6) is -0.241. The van der Waals surface area contributed by atoms with E-state index in [2.05, 4.69) is 0 Å². The van der Waals surface area contributed by atoms with E-state index in [9.17, 15) is 23.3 Å². The fourth-order valence-corrected chi connectivity index (χ4v) is 4.91. The van der Waals surface area contributed by atoms with Crippen molar-refractivity contribution in [2.24, 2.45) is 0 Å². The van der Waals surface area contributed by atoms with Crippen molar-refractivity contribution in [2.45, 2.75) is 24.7 Å². The fourth-order valence-electron chi connectivity index (χ4n) is 3.31. The molecule has 0 bridgehead atoms. The zero-order valence-electron chi connectivity index (χ0n) is 16.6. The lowest BCUT2D eigenvalue weighted by atomic mass is 10.0. The largest absolute Gasteiger partial charge is 0.336 e. The predicted molar refractivity (Wildman–Crippen MR) is 113 cm³/mol. The molecule has 0 aromatic heterocycles. The topological polar surface area (TPSA) is 101 Å². The van der Waals surface area contributed by atoms with Gasteiger partial charge in [-0.2, -0.15) is 4.31 Å². The summed E-state index contributed by atoms with van der Waals surface area (Å²) in [5.41, 5.74) is 0.616. The summed E-state index contributed by atoms with van der Waals surface area (Å²) in [5, 5.41) is 11.4. The number of carbonyl (C=O) groups excluding carboxylic acids is 1. The van der Waals surface area contributed by atoms with Crippen molar-refractivity contribution in [3.8, 4) is 0 Å². The van der Waals surface area contributed by atoms with Crippen LogP contribution in [0, 0.1) is 10.1 Å². The number of halogens is 1. The Kier molecular flexibility index (Phi) is 6.44. The molecule has 1 aliphatic rings. The zero-order valence-corrected chi connectivity index (χ0v) is 18.2. The molecule has 1 amide bonds. The number of amides is 1. The van der Waals surface area contributed by atoms with Gasteiger partial charge in [0.1, 0.15) is 5.56 Å². The van der Waals surface area contributed by atoms with Crippen LogP contribution in [0.25, 0.3) is 0 Å². The Morgan fingerprint density at radius 2 is 1.67 bits per heavy atom. The molecule has 0 N–H and O–H groups in total. The number of rotatable bonds is 5. The SMILES string of the molecule is CC(C)c1ccc(S(=O)(=O)N2CCN(C(=O)c3cc(Cl)ccc3[N+](=O)[O-])CC2)cc1. The highest BCUT2D eigenvalue weighted by molar-refractivity contribution is 7.89. The van der Waals surface area contributed by atoms with Gasteiger partial charge in [-0.3, -0.25) is 14.9 Å². The number of hydrogen-bond acceptors (Lipinski definition) is 5. The van der Waals surface area contributed by atoms with Crippen LogP contribution >= 0.6 is 11.6 Å². The van der Waals surface area contributed by atoms with E-state index in [-0.39, 0.29) is 47.3 Å². The van der Waals surface area contributed by atoms with Gasteiger partial charge in [0.2, 0.25) is 10.0 Å². The van der Waals surface area contributed by atoms with Gasteiger partial charge in [-0.05, 0) is 35.7 Å². The van der Waals surface area contributed by atoms with E-state index in [1.54, 1.807) is 24.3 Å². The van der Waals surface area contributed by atoms with Gasteiger partial charge in [-0.25, -0.2) is 8.42 Å². The quantitative estimate of drug-likeness (QED) is 0.511.